The lowest BCUT2D eigenvalue weighted by Gasteiger charge is -2.35. The molecule has 0 aromatic heterocycles. The molecule has 0 atom stereocenters. The van der Waals surface area contributed by atoms with Gasteiger partial charge < -0.3 is 10.2 Å². The van der Waals surface area contributed by atoms with E-state index in [-0.39, 0.29) is 24.1 Å². The number of rotatable bonds is 4. The summed E-state index contributed by atoms with van der Waals surface area (Å²) in [7, 11) is 1.76. The van der Waals surface area contributed by atoms with E-state index in [9.17, 15) is 9.18 Å². The fraction of sp³-hybridized carbons (Fsp3) is 0.500. The van der Waals surface area contributed by atoms with Crippen molar-refractivity contribution in [2.24, 2.45) is 0 Å². The minimum absolute atomic E-state index is 0. The third kappa shape index (κ3) is 4.81. The lowest BCUT2D eigenvalue weighted by molar-refractivity contribution is -0.131. The SMILES string of the molecule is CNCC(=O)N1CCN(Cc2c(F)cccc2Cl)CC1.Cl. The maximum absolute atomic E-state index is 13.7. The number of hydrogen-bond donors (Lipinski definition) is 1. The average molecular weight is 336 g/mol. The zero-order valence-corrected chi connectivity index (χ0v) is 13.5. The molecule has 118 valence electrons. The van der Waals surface area contributed by atoms with Gasteiger partial charge in [-0.3, -0.25) is 9.69 Å². The number of hydrogen-bond acceptors (Lipinski definition) is 3. The maximum atomic E-state index is 13.7. The molecule has 1 N–H and O–H groups in total. The van der Waals surface area contributed by atoms with Gasteiger partial charge in [0, 0.05) is 43.3 Å². The van der Waals surface area contributed by atoms with Crippen molar-refractivity contribution in [1.29, 1.82) is 0 Å². The van der Waals surface area contributed by atoms with Crippen LogP contribution in [0.2, 0.25) is 5.02 Å². The van der Waals surface area contributed by atoms with Gasteiger partial charge in [-0.15, -0.1) is 12.4 Å². The van der Waals surface area contributed by atoms with Gasteiger partial charge in [0.15, 0.2) is 0 Å². The molecule has 0 unspecified atom stereocenters. The van der Waals surface area contributed by atoms with Gasteiger partial charge in [0.2, 0.25) is 5.91 Å². The molecule has 1 fully saturated rings. The zero-order chi connectivity index (χ0) is 14.5. The zero-order valence-electron chi connectivity index (χ0n) is 11.9. The molecule has 21 heavy (non-hydrogen) atoms. The van der Waals surface area contributed by atoms with Crippen molar-refractivity contribution in [1.82, 2.24) is 15.1 Å². The van der Waals surface area contributed by atoms with Crippen LogP contribution >= 0.6 is 24.0 Å². The van der Waals surface area contributed by atoms with Crippen LogP contribution in [0.15, 0.2) is 18.2 Å². The van der Waals surface area contributed by atoms with E-state index >= 15 is 0 Å². The minimum atomic E-state index is -0.272. The van der Waals surface area contributed by atoms with Crippen LogP contribution in [-0.2, 0) is 11.3 Å². The molecule has 0 spiro atoms. The minimum Gasteiger partial charge on any atom is -0.339 e. The molecule has 1 aliphatic heterocycles. The number of amides is 1. The molecule has 4 nitrogen and oxygen atoms in total. The summed E-state index contributed by atoms with van der Waals surface area (Å²) in [4.78, 5) is 15.7. The number of benzene rings is 1. The van der Waals surface area contributed by atoms with Crippen molar-refractivity contribution in [3.8, 4) is 0 Å². The molecule has 0 saturated carbocycles. The average Bonchev–Trinajstić information content (AvgIpc) is 2.44. The molecule has 1 amide bonds. The molecular formula is C14H20Cl2FN3O. The van der Waals surface area contributed by atoms with Gasteiger partial charge in [0.25, 0.3) is 0 Å². The van der Waals surface area contributed by atoms with Crippen molar-refractivity contribution in [2.75, 3.05) is 39.8 Å². The Morgan fingerprint density at radius 3 is 2.57 bits per heavy atom. The summed E-state index contributed by atoms with van der Waals surface area (Å²) in [6.07, 6.45) is 0. The van der Waals surface area contributed by atoms with Crippen LogP contribution < -0.4 is 5.32 Å². The monoisotopic (exact) mass is 335 g/mol. The first kappa shape index (κ1) is 18.2. The predicted molar refractivity (Wildman–Crippen MR) is 84.4 cm³/mol. The molecule has 1 heterocycles. The van der Waals surface area contributed by atoms with Crippen LogP contribution in [0.5, 0.6) is 0 Å². The lowest BCUT2D eigenvalue weighted by Crippen LogP contribution is -2.50. The van der Waals surface area contributed by atoms with Crippen molar-refractivity contribution in [2.45, 2.75) is 6.54 Å². The summed E-state index contributed by atoms with van der Waals surface area (Å²) in [6.45, 7) is 3.66. The fourth-order valence-electron chi connectivity index (χ4n) is 2.33. The Hall–Kier alpha value is -0.880. The van der Waals surface area contributed by atoms with Crippen molar-refractivity contribution in [3.05, 3.63) is 34.6 Å². The highest BCUT2D eigenvalue weighted by Gasteiger charge is 2.21. The first-order valence-corrected chi connectivity index (χ1v) is 7.07. The molecule has 1 saturated heterocycles. The summed E-state index contributed by atoms with van der Waals surface area (Å²) in [5.74, 6) is -0.165. The summed E-state index contributed by atoms with van der Waals surface area (Å²) >= 11 is 6.03. The number of piperazine rings is 1. The van der Waals surface area contributed by atoms with Gasteiger partial charge in [-0.1, -0.05) is 17.7 Å². The van der Waals surface area contributed by atoms with Gasteiger partial charge in [0.05, 0.1) is 6.54 Å². The second kappa shape index (κ2) is 8.54. The predicted octanol–water partition coefficient (Wildman–Crippen LogP) is 1.76. The summed E-state index contributed by atoms with van der Waals surface area (Å²) in [5.41, 5.74) is 0.532. The second-order valence-corrected chi connectivity index (χ2v) is 5.29. The van der Waals surface area contributed by atoms with E-state index in [2.05, 4.69) is 10.2 Å². The molecule has 2 rings (SSSR count). The van der Waals surface area contributed by atoms with Gasteiger partial charge in [-0.25, -0.2) is 4.39 Å². The van der Waals surface area contributed by atoms with Crippen LogP contribution in [-0.4, -0.2) is 55.5 Å². The van der Waals surface area contributed by atoms with E-state index in [1.165, 1.54) is 6.07 Å². The quantitative estimate of drug-likeness (QED) is 0.910. The van der Waals surface area contributed by atoms with E-state index in [0.29, 0.717) is 36.8 Å². The van der Waals surface area contributed by atoms with E-state index in [1.54, 1.807) is 19.2 Å². The smallest absolute Gasteiger partial charge is 0.236 e. The summed E-state index contributed by atoms with van der Waals surface area (Å²) in [5, 5.41) is 3.32. The maximum Gasteiger partial charge on any atom is 0.236 e. The van der Waals surface area contributed by atoms with Gasteiger partial charge in [0.1, 0.15) is 5.82 Å². The molecule has 1 aromatic carbocycles. The Bertz CT molecular complexity index is 459. The molecule has 0 radical (unpaired) electrons. The second-order valence-electron chi connectivity index (χ2n) is 4.89. The van der Waals surface area contributed by atoms with Crippen molar-refractivity contribution in [3.63, 3.8) is 0 Å². The fourth-order valence-corrected chi connectivity index (χ4v) is 2.55. The van der Waals surface area contributed by atoms with Gasteiger partial charge in [-0.05, 0) is 19.2 Å². The van der Waals surface area contributed by atoms with E-state index in [0.717, 1.165) is 13.1 Å². The number of nitrogens with zero attached hydrogens (tertiary/aromatic N) is 2. The van der Waals surface area contributed by atoms with Crippen molar-refractivity contribution >= 4 is 29.9 Å². The third-order valence-corrected chi connectivity index (χ3v) is 3.85. The first-order chi connectivity index (χ1) is 9.61. The van der Waals surface area contributed by atoms with Crippen LogP contribution in [0, 0.1) is 5.82 Å². The van der Waals surface area contributed by atoms with Crippen molar-refractivity contribution < 1.29 is 9.18 Å². The highest BCUT2D eigenvalue weighted by molar-refractivity contribution is 6.31. The standard InChI is InChI=1S/C14H19ClFN3O.ClH/c1-17-9-14(20)19-7-5-18(6-8-19)10-11-12(15)3-2-4-13(11)16;/h2-4,17H,5-10H2,1H3;1H. The first-order valence-electron chi connectivity index (χ1n) is 6.69. The molecule has 7 heteroatoms. The lowest BCUT2D eigenvalue weighted by atomic mass is 10.2. The molecule has 0 bridgehead atoms. The van der Waals surface area contributed by atoms with E-state index in [1.807, 2.05) is 4.90 Å². The largest absolute Gasteiger partial charge is 0.339 e. The highest BCUT2D eigenvalue weighted by Crippen LogP contribution is 2.21. The number of nitrogens with one attached hydrogen (secondary N) is 1. The Labute approximate surface area is 135 Å². The summed E-state index contributed by atoms with van der Waals surface area (Å²) < 4.78 is 13.7. The van der Waals surface area contributed by atoms with Crippen LogP contribution in [0.3, 0.4) is 0 Å². The normalized spacial score (nSPS) is 15.7. The Morgan fingerprint density at radius 1 is 1.33 bits per heavy atom. The number of carbonyl (C=O) groups excluding carboxylic acids is 1. The molecule has 1 aliphatic rings. The van der Waals surface area contributed by atoms with E-state index < -0.39 is 0 Å². The number of likely N-dealkylation sites (N-methyl/N-ethyl adjacent to an activating group) is 1. The highest BCUT2D eigenvalue weighted by atomic mass is 35.5. The number of carbonyl (C=O) groups is 1. The number of halogens is 3. The van der Waals surface area contributed by atoms with E-state index in [4.69, 9.17) is 11.6 Å². The summed E-state index contributed by atoms with van der Waals surface area (Å²) in [6, 6.07) is 4.73. The Kier molecular flexibility index (Phi) is 7.39. The van der Waals surface area contributed by atoms with Crippen LogP contribution in [0.1, 0.15) is 5.56 Å². The van der Waals surface area contributed by atoms with Gasteiger partial charge in [-0.2, -0.15) is 0 Å². The molecule has 1 aromatic rings. The Morgan fingerprint density at radius 2 is 2.00 bits per heavy atom. The third-order valence-electron chi connectivity index (χ3n) is 3.50. The van der Waals surface area contributed by atoms with Crippen LogP contribution in [0.25, 0.3) is 0 Å². The van der Waals surface area contributed by atoms with Gasteiger partial charge >= 0.3 is 0 Å². The molecule has 0 aliphatic carbocycles. The Balaban J connectivity index is 0.00000220. The topological polar surface area (TPSA) is 35.6 Å². The van der Waals surface area contributed by atoms with Crippen LogP contribution in [0.4, 0.5) is 4.39 Å². The molecular weight excluding hydrogens is 316 g/mol.